The standard InChI is InChI=1S/C25H31N5O2/c1-2-32-25(31)30(17-9-14-22-18-27-19-29-22)24(26)28-16-15-23(20-10-5-3-6-11-20)21-12-7-4-8-13-21/h3-8,10-13,18-19,23H,2,9,14-17H2,1H3,(H2,26,28)(H,27,29). The highest BCUT2D eigenvalue weighted by molar-refractivity contribution is 5.93. The molecule has 1 aromatic heterocycles. The summed E-state index contributed by atoms with van der Waals surface area (Å²) in [5.74, 6) is 0.387. The molecule has 0 aliphatic carbocycles. The van der Waals surface area contributed by atoms with E-state index in [9.17, 15) is 4.79 Å². The van der Waals surface area contributed by atoms with Gasteiger partial charge in [0.1, 0.15) is 0 Å². The largest absolute Gasteiger partial charge is 0.449 e. The maximum absolute atomic E-state index is 12.4. The molecule has 0 aliphatic heterocycles. The predicted octanol–water partition coefficient (Wildman–Crippen LogP) is 4.34. The number of carbonyl (C=O) groups excluding carboxylic acids is 1. The molecular weight excluding hydrogens is 402 g/mol. The van der Waals surface area contributed by atoms with Crippen molar-refractivity contribution in [3.63, 3.8) is 0 Å². The Balaban J connectivity index is 1.66. The molecule has 0 spiro atoms. The number of aliphatic imine (C=N–C) groups is 1. The number of nitrogens with two attached hydrogens (primary N) is 1. The first-order valence-electron chi connectivity index (χ1n) is 11.0. The Hall–Kier alpha value is -3.61. The van der Waals surface area contributed by atoms with E-state index in [1.54, 1.807) is 19.4 Å². The molecule has 32 heavy (non-hydrogen) atoms. The summed E-state index contributed by atoms with van der Waals surface area (Å²) < 4.78 is 5.18. The zero-order valence-corrected chi connectivity index (χ0v) is 18.5. The van der Waals surface area contributed by atoms with Gasteiger partial charge in [-0.15, -0.1) is 0 Å². The van der Waals surface area contributed by atoms with Crippen molar-refractivity contribution in [3.05, 3.63) is 90.0 Å². The molecule has 1 heterocycles. The third-order valence-electron chi connectivity index (χ3n) is 5.24. The minimum Gasteiger partial charge on any atom is -0.449 e. The number of guanidine groups is 1. The number of imidazole rings is 1. The van der Waals surface area contributed by atoms with E-state index >= 15 is 0 Å². The number of aromatic nitrogens is 2. The van der Waals surface area contributed by atoms with E-state index < -0.39 is 6.09 Å². The second kappa shape index (κ2) is 12.3. The fourth-order valence-electron chi connectivity index (χ4n) is 3.64. The van der Waals surface area contributed by atoms with Crippen LogP contribution in [-0.4, -0.2) is 46.6 Å². The number of aromatic amines is 1. The molecular formula is C25H31N5O2. The van der Waals surface area contributed by atoms with Crippen molar-refractivity contribution >= 4 is 12.1 Å². The third-order valence-corrected chi connectivity index (χ3v) is 5.24. The van der Waals surface area contributed by atoms with E-state index in [1.165, 1.54) is 16.0 Å². The normalized spacial score (nSPS) is 11.5. The van der Waals surface area contributed by atoms with Crippen LogP contribution in [0.25, 0.3) is 0 Å². The van der Waals surface area contributed by atoms with Crippen molar-refractivity contribution in [2.24, 2.45) is 10.7 Å². The van der Waals surface area contributed by atoms with Crippen molar-refractivity contribution in [3.8, 4) is 0 Å². The van der Waals surface area contributed by atoms with E-state index in [4.69, 9.17) is 10.5 Å². The molecule has 0 bridgehead atoms. The molecule has 3 aromatic rings. The van der Waals surface area contributed by atoms with Gasteiger partial charge in [0, 0.05) is 30.9 Å². The number of ether oxygens (including phenoxy) is 1. The summed E-state index contributed by atoms with van der Waals surface area (Å²) in [4.78, 5) is 25.5. The zero-order chi connectivity index (χ0) is 22.6. The minimum atomic E-state index is -0.471. The number of hydrogen-bond donors (Lipinski definition) is 2. The van der Waals surface area contributed by atoms with Crippen molar-refractivity contribution in [2.75, 3.05) is 19.7 Å². The van der Waals surface area contributed by atoms with Gasteiger partial charge in [0.05, 0.1) is 12.9 Å². The minimum absolute atomic E-state index is 0.188. The summed E-state index contributed by atoms with van der Waals surface area (Å²) in [6.45, 7) is 2.98. The molecule has 7 nitrogen and oxygen atoms in total. The van der Waals surface area contributed by atoms with Gasteiger partial charge in [0.15, 0.2) is 0 Å². The number of nitrogens with zero attached hydrogens (tertiary/aromatic N) is 3. The van der Waals surface area contributed by atoms with E-state index in [1.807, 2.05) is 36.4 Å². The van der Waals surface area contributed by atoms with Gasteiger partial charge in [-0.1, -0.05) is 60.7 Å². The molecule has 0 saturated carbocycles. The topological polar surface area (TPSA) is 96.6 Å². The van der Waals surface area contributed by atoms with Gasteiger partial charge >= 0.3 is 6.09 Å². The van der Waals surface area contributed by atoms with E-state index in [-0.39, 0.29) is 18.5 Å². The summed E-state index contributed by atoms with van der Waals surface area (Å²) >= 11 is 0. The monoisotopic (exact) mass is 433 g/mol. The summed E-state index contributed by atoms with van der Waals surface area (Å²) in [6, 6.07) is 20.7. The Kier molecular flexibility index (Phi) is 8.86. The lowest BCUT2D eigenvalue weighted by molar-refractivity contribution is 0.127. The number of hydrogen-bond acceptors (Lipinski definition) is 4. The number of carbonyl (C=O) groups is 1. The molecule has 7 heteroatoms. The molecule has 1 amide bonds. The highest BCUT2D eigenvalue weighted by atomic mass is 16.6. The number of aryl methyl sites for hydroxylation is 1. The Labute approximate surface area is 189 Å². The summed E-state index contributed by atoms with van der Waals surface area (Å²) in [5, 5.41) is 0. The van der Waals surface area contributed by atoms with Crippen LogP contribution in [0, 0.1) is 0 Å². The lowest BCUT2D eigenvalue weighted by atomic mass is 9.89. The summed E-state index contributed by atoms with van der Waals surface area (Å²) in [5.41, 5.74) is 9.70. The fourth-order valence-corrected chi connectivity index (χ4v) is 3.64. The number of nitrogens with one attached hydrogen (secondary N) is 1. The number of H-pyrrole nitrogens is 1. The first kappa shape index (κ1) is 23.1. The molecule has 0 saturated heterocycles. The molecule has 3 N–H and O–H groups in total. The maximum Gasteiger partial charge on any atom is 0.416 e. The third kappa shape index (κ3) is 6.70. The quantitative estimate of drug-likeness (QED) is 0.367. The number of amides is 1. The van der Waals surface area contributed by atoms with Crippen LogP contribution in [0.3, 0.4) is 0 Å². The zero-order valence-electron chi connectivity index (χ0n) is 18.5. The van der Waals surface area contributed by atoms with Gasteiger partial charge in [-0.2, -0.15) is 0 Å². The SMILES string of the molecule is CCOC(=O)N(CCCc1cnc[nH]1)C(N)=NCCC(c1ccccc1)c1ccccc1. The summed E-state index contributed by atoms with van der Waals surface area (Å²) in [6.07, 6.45) is 5.20. The molecule has 0 fully saturated rings. The molecule has 0 aliphatic rings. The van der Waals surface area contributed by atoms with Gasteiger partial charge < -0.3 is 15.5 Å². The second-order valence-corrected chi connectivity index (χ2v) is 7.43. The number of rotatable bonds is 10. The Bertz CT molecular complexity index is 919. The van der Waals surface area contributed by atoms with Crippen LogP contribution >= 0.6 is 0 Å². The second-order valence-electron chi connectivity index (χ2n) is 7.43. The fraction of sp³-hybridized carbons (Fsp3) is 0.320. The smallest absolute Gasteiger partial charge is 0.416 e. The van der Waals surface area contributed by atoms with Gasteiger partial charge in [0.2, 0.25) is 5.96 Å². The predicted molar refractivity (Wildman–Crippen MR) is 126 cm³/mol. The van der Waals surface area contributed by atoms with Crippen molar-refractivity contribution in [2.45, 2.75) is 32.1 Å². The van der Waals surface area contributed by atoms with Crippen LogP contribution in [0.5, 0.6) is 0 Å². The molecule has 3 rings (SSSR count). The van der Waals surface area contributed by atoms with Gasteiger partial charge in [-0.25, -0.2) is 14.7 Å². The van der Waals surface area contributed by atoms with Crippen LogP contribution in [0.2, 0.25) is 0 Å². The molecule has 0 atom stereocenters. The average molecular weight is 434 g/mol. The van der Waals surface area contributed by atoms with Crippen LogP contribution in [0.4, 0.5) is 4.79 Å². The average Bonchev–Trinajstić information content (AvgIpc) is 3.34. The van der Waals surface area contributed by atoms with Crippen LogP contribution in [0.15, 0.2) is 78.2 Å². The van der Waals surface area contributed by atoms with Crippen molar-refractivity contribution < 1.29 is 9.53 Å². The van der Waals surface area contributed by atoms with Crippen molar-refractivity contribution in [1.82, 2.24) is 14.9 Å². The van der Waals surface area contributed by atoms with E-state index in [0.29, 0.717) is 19.5 Å². The lowest BCUT2D eigenvalue weighted by Gasteiger charge is -2.21. The molecule has 0 unspecified atom stereocenters. The van der Waals surface area contributed by atoms with Crippen LogP contribution in [-0.2, 0) is 11.2 Å². The molecule has 2 aromatic carbocycles. The summed E-state index contributed by atoms with van der Waals surface area (Å²) in [7, 11) is 0. The van der Waals surface area contributed by atoms with Gasteiger partial charge in [-0.3, -0.25) is 4.99 Å². The highest BCUT2D eigenvalue weighted by Crippen LogP contribution is 2.27. The Morgan fingerprint density at radius 3 is 2.34 bits per heavy atom. The molecule has 0 radical (unpaired) electrons. The van der Waals surface area contributed by atoms with Crippen LogP contribution < -0.4 is 5.73 Å². The van der Waals surface area contributed by atoms with Crippen LogP contribution in [0.1, 0.15) is 42.5 Å². The first-order valence-corrected chi connectivity index (χ1v) is 11.0. The van der Waals surface area contributed by atoms with Crippen molar-refractivity contribution in [1.29, 1.82) is 0 Å². The highest BCUT2D eigenvalue weighted by Gasteiger charge is 2.19. The first-order chi connectivity index (χ1) is 15.7. The number of benzene rings is 2. The Morgan fingerprint density at radius 2 is 1.78 bits per heavy atom. The Morgan fingerprint density at radius 1 is 1.12 bits per heavy atom. The lowest BCUT2D eigenvalue weighted by Crippen LogP contribution is -2.43. The van der Waals surface area contributed by atoms with Gasteiger partial charge in [0.25, 0.3) is 0 Å². The van der Waals surface area contributed by atoms with Gasteiger partial charge in [-0.05, 0) is 37.3 Å². The maximum atomic E-state index is 12.4. The van der Waals surface area contributed by atoms with E-state index in [0.717, 1.165) is 18.5 Å². The molecule has 168 valence electrons. The van der Waals surface area contributed by atoms with E-state index in [2.05, 4.69) is 39.2 Å².